The number of aromatic amines is 1. The van der Waals surface area contributed by atoms with E-state index in [0.29, 0.717) is 58.1 Å². The first-order valence-corrected chi connectivity index (χ1v) is 11.2. The van der Waals surface area contributed by atoms with E-state index < -0.39 is 0 Å². The van der Waals surface area contributed by atoms with Gasteiger partial charge < -0.3 is 20.1 Å². The van der Waals surface area contributed by atoms with Crippen molar-refractivity contribution in [2.45, 2.75) is 52.0 Å². The molecule has 0 radical (unpaired) electrons. The summed E-state index contributed by atoms with van der Waals surface area (Å²) in [6, 6.07) is 3.64. The Labute approximate surface area is 191 Å². The summed E-state index contributed by atoms with van der Waals surface area (Å²) in [5, 5.41) is 19.7. The number of rotatable bonds is 8. The van der Waals surface area contributed by atoms with Gasteiger partial charge in [0.1, 0.15) is 0 Å². The maximum absolute atomic E-state index is 13.4. The Morgan fingerprint density at radius 1 is 1.16 bits per heavy atom. The minimum absolute atomic E-state index is 0.0851. The van der Waals surface area contributed by atoms with Gasteiger partial charge in [-0.3, -0.25) is 9.59 Å². The summed E-state index contributed by atoms with van der Waals surface area (Å²) in [7, 11) is 0. The molecule has 1 aliphatic rings. The topological polar surface area (TPSA) is 93.6 Å². The van der Waals surface area contributed by atoms with Crippen LogP contribution in [-0.2, 0) is 13.0 Å². The number of nitrogens with zero attached hydrogens (tertiary/aromatic N) is 1. The van der Waals surface area contributed by atoms with Crippen LogP contribution in [0.3, 0.4) is 0 Å². The highest BCUT2D eigenvalue weighted by Gasteiger charge is 2.32. The van der Waals surface area contributed by atoms with Crippen LogP contribution in [0.1, 0.15) is 63.5 Å². The van der Waals surface area contributed by atoms with Crippen LogP contribution in [0.25, 0.3) is 0 Å². The van der Waals surface area contributed by atoms with Gasteiger partial charge in [-0.05, 0) is 61.9 Å². The highest BCUT2D eigenvalue weighted by atomic mass is 35.5. The summed E-state index contributed by atoms with van der Waals surface area (Å²) in [5.74, 6) is -0.534. The number of aliphatic hydroxyl groups is 2. The van der Waals surface area contributed by atoms with Crippen molar-refractivity contribution in [1.29, 1.82) is 0 Å². The van der Waals surface area contributed by atoms with Crippen molar-refractivity contribution >= 4 is 29.1 Å². The van der Waals surface area contributed by atoms with E-state index in [1.54, 1.807) is 11.0 Å². The molecule has 3 rings (SSSR count). The van der Waals surface area contributed by atoms with E-state index in [-0.39, 0.29) is 37.1 Å². The van der Waals surface area contributed by atoms with Crippen LogP contribution in [0, 0.1) is 13.8 Å². The first-order chi connectivity index (χ1) is 14.8. The molecule has 1 aromatic heterocycles. The van der Waals surface area contributed by atoms with E-state index in [4.69, 9.17) is 28.3 Å². The van der Waals surface area contributed by atoms with Crippen LogP contribution in [-0.4, -0.2) is 45.8 Å². The SMILES string of the molecule is Cc1cc(C)c(CN2CCc3c(Cl)cc(C(CO)CCCCO)c(Cl)c3C2=O)c(=O)[nH]1. The lowest BCUT2D eigenvalue weighted by molar-refractivity contribution is 0.0726. The average molecular weight is 467 g/mol. The van der Waals surface area contributed by atoms with E-state index in [2.05, 4.69) is 4.98 Å². The normalized spacial score (nSPS) is 14.6. The minimum atomic E-state index is -0.271. The van der Waals surface area contributed by atoms with Crippen LogP contribution in [0.15, 0.2) is 16.9 Å². The second-order valence-corrected chi connectivity index (χ2v) is 8.92. The summed E-state index contributed by atoms with van der Waals surface area (Å²) < 4.78 is 0. The molecule has 1 atom stereocenters. The highest BCUT2D eigenvalue weighted by Crippen LogP contribution is 2.39. The second kappa shape index (κ2) is 10.2. The number of H-pyrrole nitrogens is 1. The Morgan fingerprint density at radius 2 is 1.90 bits per heavy atom. The van der Waals surface area contributed by atoms with Gasteiger partial charge in [0, 0.05) is 42.0 Å². The van der Waals surface area contributed by atoms with Crippen LogP contribution >= 0.6 is 23.2 Å². The Kier molecular flexibility index (Phi) is 7.81. The molecule has 3 N–H and O–H groups in total. The van der Waals surface area contributed by atoms with Crippen LogP contribution in [0.4, 0.5) is 0 Å². The molecule has 0 aliphatic carbocycles. The molecular weight excluding hydrogens is 439 g/mol. The molecule has 31 heavy (non-hydrogen) atoms. The maximum atomic E-state index is 13.4. The third kappa shape index (κ3) is 4.98. The number of hydrogen-bond donors (Lipinski definition) is 3. The molecule has 8 heteroatoms. The van der Waals surface area contributed by atoms with E-state index in [1.807, 2.05) is 19.9 Å². The van der Waals surface area contributed by atoms with Gasteiger partial charge in [0.05, 0.1) is 17.1 Å². The first kappa shape index (κ1) is 23.8. The lowest BCUT2D eigenvalue weighted by Crippen LogP contribution is -2.39. The molecule has 0 spiro atoms. The molecule has 2 aromatic rings. The van der Waals surface area contributed by atoms with Crippen molar-refractivity contribution in [2.75, 3.05) is 19.8 Å². The fourth-order valence-corrected chi connectivity index (χ4v) is 4.93. The van der Waals surface area contributed by atoms with Crippen LogP contribution in [0.2, 0.25) is 10.0 Å². The number of aryl methyl sites for hydroxylation is 2. The number of hydrogen-bond acceptors (Lipinski definition) is 4. The number of halogens is 2. The molecule has 1 amide bonds. The number of nitrogens with one attached hydrogen (secondary N) is 1. The van der Waals surface area contributed by atoms with Crippen molar-refractivity contribution < 1.29 is 15.0 Å². The fourth-order valence-electron chi connectivity index (χ4n) is 4.22. The summed E-state index contributed by atoms with van der Waals surface area (Å²) in [5.41, 5.74) is 3.68. The Morgan fingerprint density at radius 3 is 2.55 bits per heavy atom. The van der Waals surface area contributed by atoms with Crippen LogP contribution in [0.5, 0.6) is 0 Å². The van der Waals surface area contributed by atoms with Gasteiger partial charge in [-0.15, -0.1) is 0 Å². The summed E-state index contributed by atoms with van der Waals surface area (Å²) in [4.78, 5) is 30.2. The van der Waals surface area contributed by atoms with Crippen LogP contribution < -0.4 is 5.56 Å². The fraction of sp³-hybridized carbons (Fsp3) is 0.478. The Balaban J connectivity index is 1.95. The van der Waals surface area contributed by atoms with E-state index in [9.17, 15) is 14.7 Å². The first-order valence-electron chi connectivity index (χ1n) is 10.5. The zero-order valence-electron chi connectivity index (χ0n) is 17.8. The number of carbonyl (C=O) groups excluding carboxylic acids is 1. The zero-order valence-corrected chi connectivity index (χ0v) is 19.3. The maximum Gasteiger partial charge on any atom is 0.256 e. The molecule has 0 bridgehead atoms. The molecule has 2 heterocycles. The smallest absolute Gasteiger partial charge is 0.256 e. The van der Waals surface area contributed by atoms with Gasteiger partial charge in [-0.2, -0.15) is 0 Å². The van der Waals surface area contributed by atoms with Gasteiger partial charge in [-0.1, -0.05) is 29.6 Å². The van der Waals surface area contributed by atoms with Gasteiger partial charge in [0.2, 0.25) is 0 Å². The number of aromatic nitrogens is 1. The van der Waals surface area contributed by atoms with Gasteiger partial charge >= 0.3 is 0 Å². The number of carbonyl (C=O) groups is 1. The van der Waals surface area contributed by atoms with Gasteiger partial charge in [0.25, 0.3) is 11.5 Å². The predicted octanol–water partition coefficient (Wildman–Crippen LogP) is 3.74. The molecular formula is C23H28Cl2N2O4. The van der Waals surface area contributed by atoms with E-state index in [0.717, 1.165) is 17.7 Å². The molecule has 1 aliphatic heterocycles. The molecule has 1 aromatic carbocycles. The number of aliphatic hydroxyl groups excluding tert-OH is 2. The van der Waals surface area contributed by atoms with Gasteiger partial charge in [-0.25, -0.2) is 0 Å². The Bertz CT molecular complexity index is 1040. The van der Waals surface area contributed by atoms with Gasteiger partial charge in [0.15, 0.2) is 0 Å². The molecule has 0 saturated heterocycles. The third-order valence-electron chi connectivity index (χ3n) is 5.94. The molecule has 168 valence electrons. The summed E-state index contributed by atoms with van der Waals surface area (Å²) in [6.07, 6.45) is 2.52. The van der Waals surface area contributed by atoms with Crippen molar-refractivity contribution in [2.24, 2.45) is 0 Å². The number of benzene rings is 1. The van der Waals surface area contributed by atoms with Crippen molar-refractivity contribution in [1.82, 2.24) is 9.88 Å². The standard InChI is InChI=1S/C23H28Cl2N2O4/c1-13-9-14(2)26-22(30)18(13)11-27-7-6-16-19(24)10-17(21(25)20(16)23(27)31)15(12-29)5-3-4-8-28/h9-10,15,28-29H,3-8,11-12H2,1-2H3,(H,26,30). The van der Waals surface area contributed by atoms with E-state index >= 15 is 0 Å². The zero-order chi connectivity index (χ0) is 22.7. The quantitative estimate of drug-likeness (QED) is 0.516. The number of fused-ring (bicyclic) bond motifs is 1. The second-order valence-electron chi connectivity index (χ2n) is 8.13. The molecule has 0 fully saturated rings. The van der Waals surface area contributed by atoms with Crippen molar-refractivity contribution in [3.8, 4) is 0 Å². The molecule has 6 nitrogen and oxygen atoms in total. The summed E-state index contributed by atoms with van der Waals surface area (Å²) >= 11 is 13.2. The summed E-state index contributed by atoms with van der Waals surface area (Å²) in [6.45, 7) is 4.27. The average Bonchev–Trinajstić information content (AvgIpc) is 2.72. The lowest BCUT2D eigenvalue weighted by Gasteiger charge is -2.31. The monoisotopic (exact) mass is 466 g/mol. The highest BCUT2D eigenvalue weighted by molar-refractivity contribution is 6.37. The number of unbranched alkanes of at least 4 members (excludes halogenated alkanes) is 1. The van der Waals surface area contributed by atoms with Crippen molar-refractivity contribution in [3.05, 3.63) is 66.0 Å². The molecule has 0 saturated carbocycles. The lowest BCUT2D eigenvalue weighted by atomic mass is 9.88. The minimum Gasteiger partial charge on any atom is -0.396 e. The largest absolute Gasteiger partial charge is 0.396 e. The molecule has 1 unspecified atom stereocenters. The number of amides is 1. The third-order valence-corrected chi connectivity index (χ3v) is 6.69. The number of pyridine rings is 1. The Hall–Kier alpha value is -1.86. The predicted molar refractivity (Wildman–Crippen MR) is 122 cm³/mol. The van der Waals surface area contributed by atoms with E-state index in [1.165, 1.54) is 0 Å². The van der Waals surface area contributed by atoms with Crippen molar-refractivity contribution in [3.63, 3.8) is 0 Å².